The van der Waals surface area contributed by atoms with Crippen LogP contribution in [0.4, 0.5) is 0 Å². The Kier molecular flexibility index (Phi) is 7.53. The highest BCUT2D eigenvalue weighted by Crippen LogP contribution is 2.40. The molecule has 1 saturated heterocycles. The van der Waals surface area contributed by atoms with Crippen molar-refractivity contribution in [3.8, 4) is 11.5 Å². The molecule has 7 nitrogen and oxygen atoms in total. The number of benzene rings is 2. The van der Waals surface area contributed by atoms with Crippen LogP contribution in [0.2, 0.25) is 0 Å². The molecule has 2 aromatic carbocycles. The number of amides is 1. The highest BCUT2D eigenvalue weighted by molar-refractivity contribution is 6.46. The van der Waals surface area contributed by atoms with Crippen LogP contribution in [0.15, 0.2) is 54.1 Å². The molecule has 1 unspecified atom stereocenters. The van der Waals surface area contributed by atoms with Gasteiger partial charge in [-0.3, -0.25) is 9.59 Å². The number of likely N-dealkylation sites (N-methyl/N-ethyl adjacent to an activating group) is 1. The molecule has 1 heterocycles. The fourth-order valence-electron chi connectivity index (χ4n) is 3.98. The number of hydrogen-bond acceptors (Lipinski definition) is 6. The van der Waals surface area contributed by atoms with Crippen LogP contribution in [0.5, 0.6) is 11.5 Å². The number of nitrogens with zero attached hydrogens (tertiary/aromatic N) is 2. The van der Waals surface area contributed by atoms with Gasteiger partial charge >= 0.3 is 0 Å². The Morgan fingerprint density at radius 3 is 2.25 bits per heavy atom. The predicted octanol–water partition coefficient (Wildman–Crippen LogP) is 3.47. The van der Waals surface area contributed by atoms with Crippen molar-refractivity contribution in [2.24, 2.45) is 0 Å². The van der Waals surface area contributed by atoms with Crippen LogP contribution in [0.3, 0.4) is 0 Å². The van der Waals surface area contributed by atoms with E-state index in [2.05, 4.69) is 18.7 Å². The Labute approximate surface area is 188 Å². The lowest BCUT2D eigenvalue weighted by atomic mass is 9.95. The van der Waals surface area contributed by atoms with Gasteiger partial charge in [0, 0.05) is 18.7 Å². The van der Waals surface area contributed by atoms with E-state index < -0.39 is 17.7 Å². The van der Waals surface area contributed by atoms with Gasteiger partial charge in [-0.2, -0.15) is 0 Å². The standard InChI is InChI=1S/C25H30N2O5/c1-5-26(6-2)13-14-27-22(17-9-7-11-19(15-17)31-3)21(24(29)25(27)30)23(28)18-10-8-12-20(16-18)32-4/h7-12,15-16,22,28H,5-6,13-14H2,1-4H3/b23-21+. The summed E-state index contributed by atoms with van der Waals surface area (Å²) in [6.45, 7) is 6.78. The van der Waals surface area contributed by atoms with Gasteiger partial charge in [0.15, 0.2) is 0 Å². The average Bonchev–Trinajstić information content (AvgIpc) is 3.09. The SMILES string of the molecule is CCN(CC)CCN1C(=O)C(=O)/C(=C(/O)c2cccc(OC)c2)C1c1cccc(OC)c1. The van der Waals surface area contributed by atoms with Gasteiger partial charge in [-0.15, -0.1) is 0 Å². The van der Waals surface area contributed by atoms with E-state index in [1.807, 2.05) is 12.1 Å². The highest BCUT2D eigenvalue weighted by atomic mass is 16.5. The number of ether oxygens (including phenoxy) is 2. The summed E-state index contributed by atoms with van der Waals surface area (Å²) in [4.78, 5) is 29.9. The Morgan fingerprint density at radius 1 is 1.00 bits per heavy atom. The van der Waals surface area contributed by atoms with Gasteiger partial charge < -0.3 is 24.4 Å². The van der Waals surface area contributed by atoms with Crippen LogP contribution in [0.1, 0.15) is 31.0 Å². The molecule has 1 N–H and O–H groups in total. The number of rotatable bonds is 9. The molecule has 0 bridgehead atoms. The molecule has 3 rings (SSSR count). The molecular weight excluding hydrogens is 408 g/mol. The van der Waals surface area contributed by atoms with Crippen LogP contribution < -0.4 is 9.47 Å². The number of hydrogen-bond donors (Lipinski definition) is 1. The van der Waals surface area contributed by atoms with Crippen LogP contribution in [0, 0.1) is 0 Å². The molecule has 2 aromatic rings. The minimum Gasteiger partial charge on any atom is -0.507 e. The summed E-state index contributed by atoms with van der Waals surface area (Å²) in [5.74, 6) is -0.381. The molecular formula is C25H30N2O5. The number of carbonyl (C=O) groups excluding carboxylic acids is 2. The second-order valence-electron chi connectivity index (χ2n) is 7.53. The average molecular weight is 439 g/mol. The Balaban J connectivity index is 2.12. The molecule has 1 aliphatic heterocycles. The molecule has 1 fully saturated rings. The van der Waals surface area contributed by atoms with Crippen molar-refractivity contribution in [3.63, 3.8) is 0 Å². The molecule has 1 atom stereocenters. The zero-order valence-electron chi connectivity index (χ0n) is 19.0. The summed E-state index contributed by atoms with van der Waals surface area (Å²) >= 11 is 0. The monoisotopic (exact) mass is 438 g/mol. The molecule has 0 aliphatic carbocycles. The van der Waals surface area contributed by atoms with Gasteiger partial charge in [-0.25, -0.2) is 0 Å². The molecule has 170 valence electrons. The maximum Gasteiger partial charge on any atom is 0.295 e. The van der Waals surface area contributed by atoms with E-state index in [1.165, 1.54) is 7.11 Å². The van der Waals surface area contributed by atoms with Crippen LogP contribution in [-0.4, -0.2) is 67.0 Å². The molecule has 32 heavy (non-hydrogen) atoms. The summed E-state index contributed by atoms with van der Waals surface area (Å²) in [5.41, 5.74) is 1.18. The maximum absolute atomic E-state index is 13.1. The molecule has 0 aromatic heterocycles. The third kappa shape index (κ3) is 4.62. The number of Topliss-reactive ketones (excluding diaryl/α,β-unsaturated/α-hetero) is 1. The van der Waals surface area contributed by atoms with Crippen molar-refractivity contribution in [1.82, 2.24) is 9.80 Å². The number of aliphatic hydroxyl groups is 1. The van der Waals surface area contributed by atoms with Crippen LogP contribution in [0.25, 0.3) is 5.76 Å². The highest BCUT2D eigenvalue weighted by Gasteiger charge is 2.46. The zero-order chi connectivity index (χ0) is 23.3. The van der Waals surface area contributed by atoms with E-state index in [9.17, 15) is 14.7 Å². The molecule has 0 radical (unpaired) electrons. The smallest absolute Gasteiger partial charge is 0.295 e. The molecule has 1 aliphatic rings. The van der Waals surface area contributed by atoms with Crippen molar-refractivity contribution in [2.45, 2.75) is 19.9 Å². The summed E-state index contributed by atoms with van der Waals surface area (Å²) in [5, 5.41) is 11.2. The molecule has 0 spiro atoms. The molecule has 1 amide bonds. The van der Waals surface area contributed by atoms with Crippen molar-refractivity contribution < 1.29 is 24.2 Å². The summed E-state index contributed by atoms with van der Waals surface area (Å²) in [6.07, 6.45) is 0. The third-order valence-corrected chi connectivity index (χ3v) is 5.84. The summed E-state index contributed by atoms with van der Waals surface area (Å²) in [6, 6.07) is 13.3. The Bertz CT molecular complexity index is 1010. The Hall–Kier alpha value is -3.32. The number of likely N-dealkylation sites (tertiary alicyclic amines) is 1. The van der Waals surface area contributed by atoms with E-state index in [0.717, 1.165) is 13.1 Å². The molecule has 7 heteroatoms. The second kappa shape index (κ2) is 10.3. The van der Waals surface area contributed by atoms with E-state index in [4.69, 9.17) is 9.47 Å². The maximum atomic E-state index is 13.1. The first-order valence-electron chi connectivity index (χ1n) is 10.7. The summed E-state index contributed by atoms with van der Waals surface area (Å²) in [7, 11) is 3.09. The fraction of sp³-hybridized carbons (Fsp3) is 0.360. The van der Waals surface area contributed by atoms with Gasteiger partial charge in [-0.1, -0.05) is 38.1 Å². The minimum absolute atomic E-state index is 0.0658. The first-order chi connectivity index (χ1) is 15.4. The lowest BCUT2D eigenvalue weighted by Crippen LogP contribution is -2.38. The fourth-order valence-corrected chi connectivity index (χ4v) is 3.98. The number of carbonyl (C=O) groups is 2. The first-order valence-corrected chi connectivity index (χ1v) is 10.7. The van der Waals surface area contributed by atoms with Crippen LogP contribution in [-0.2, 0) is 9.59 Å². The quantitative estimate of drug-likeness (QED) is 0.367. The van der Waals surface area contributed by atoms with E-state index in [1.54, 1.807) is 48.4 Å². The van der Waals surface area contributed by atoms with Crippen molar-refractivity contribution in [1.29, 1.82) is 0 Å². The van der Waals surface area contributed by atoms with Gasteiger partial charge in [0.1, 0.15) is 17.3 Å². The second-order valence-corrected chi connectivity index (χ2v) is 7.53. The third-order valence-electron chi connectivity index (χ3n) is 5.84. The van der Waals surface area contributed by atoms with Gasteiger partial charge in [0.05, 0.1) is 25.8 Å². The van der Waals surface area contributed by atoms with Gasteiger partial charge in [0.25, 0.3) is 11.7 Å². The number of ketones is 1. The first kappa shape index (κ1) is 23.3. The Morgan fingerprint density at radius 2 is 1.62 bits per heavy atom. The van der Waals surface area contributed by atoms with E-state index in [0.29, 0.717) is 35.7 Å². The minimum atomic E-state index is -0.716. The van der Waals surface area contributed by atoms with Crippen molar-refractivity contribution in [2.75, 3.05) is 40.4 Å². The zero-order valence-corrected chi connectivity index (χ0v) is 19.0. The largest absolute Gasteiger partial charge is 0.507 e. The van der Waals surface area contributed by atoms with Crippen molar-refractivity contribution in [3.05, 3.63) is 65.2 Å². The van der Waals surface area contributed by atoms with Gasteiger partial charge in [0.2, 0.25) is 0 Å². The lowest BCUT2D eigenvalue weighted by Gasteiger charge is -2.28. The normalized spacial score (nSPS) is 17.8. The van der Waals surface area contributed by atoms with E-state index in [-0.39, 0.29) is 11.3 Å². The van der Waals surface area contributed by atoms with E-state index >= 15 is 0 Å². The predicted molar refractivity (Wildman–Crippen MR) is 123 cm³/mol. The van der Waals surface area contributed by atoms with Gasteiger partial charge in [-0.05, 0) is 42.9 Å². The van der Waals surface area contributed by atoms with Crippen LogP contribution >= 0.6 is 0 Å². The van der Waals surface area contributed by atoms with Crippen molar-refractivity contribution >= 4 is 17.4 Å². The summed E-state index contributed by atoms with van der Waals surface area (Å²) < 4.78 is 10.6. The number of methoxy groups -OCH3 is 2. The lowest BCUT2D eigenvalue weighted by molar-refractivity contribution is -0.140. The number of aliphatic hydroxyl groups excluding tert-OH is 1. The topological polar surface area (TPSA) is 79.3 Å². The molecule has 0 saturated carbocycles.